The first-order chi connectivity index (χ1) is 42.7. The first kappa shape index (κ1) is 81.6. The van der Waals surface area contributed by atoms with Gasteiger partial charge in [0.1, 0.15) is 24.4 Å². The highest BCUT2D eigenvalue weighted by atomic mass is 16.7. The Hall–Kier alpha value is -3.42. The third kappa shape index (κ3) is 50.0. The lowest BCUT2D eigenvalue weighted by Gasteiger charge is -2.41. The van der Waals surface area contributed by atoms with Crippen LogP contribution in [0.5, 0.6) is 0 Å². The molecule has 0 radical (unpaired) electrons. The summed E-state index contributed by atoms with van der Waals surface area (Å²) < 4.78 is 17.7. The molecule has 1 saturated heterocycles. The maximum absolute atomic E-state index is 13.5. The number of amides is 1. The molecular formula is C76H133NO10. The number of rotatable bonds is 61. The zero-order valence-electron chi connectivity index (χ0n) is 55.9. The maximum atomic E-state index is 13.5. The van der Waals surface area contributed by atoms with E-state index in [4.69, 9.17) is 14.2 Å². The molecule has 8 unspecified atom stereocenters. The largest absolute Gasteiger partial charge is 0.454 e. The number of allylic oxidation sites excluding steroid dienone is 15. The van der Waals surface area contributed by atoms with Crippen LogP contribution in [-0.4, -0.2) is 99.6 Å². The number of aliphatic hydroxyl groups is 5. The molecule has 0 aromatic rings. The number of nitrogens with one attached hydrogen (secondary N) is 1. The van der Waals surface area contributed by atoms with Gasteiger partial charge in [0.2, 0.25) is 5.91 Å². The molecule has 0 spiro atoms. The summed E-state index contributed by atoms with van der Waals surface area (Å²) in [5, 5.41) is 57.2. The fourth-order valence-electron chi connectivity index (χ4n) is 10.8. The second kappa shape index (κ2) is 62.8. The van der Waals surface area contributed by atoms with Gasteiger partial charge in [-0.1, -0.05) is 291 Å². The van der Waals surface area contributed by atoms with Gasteiger partial charge in [0, 0.05) is 6.42 Å². The van der Waals surface area contributed by atoms with Crippen molar-refractivity contribution in [2.24, 2.45) is 0 Å². The molecule has 1 heterocycles. The minimum atomic E-state index is -1.62. The van der Waals surface area contributed by atoms with Crippen LogP contribution >= 0.6 is 0 Å². The van der Waals surface area contributed by atoms with E-state index >= 15 is 0 Å². The highest BCUT2D eigenvalue weighted by Gasteiger charge is 2.47. The molecule has 1 aliphatic heterocycles. The lowest BCUT2D eigenvalue weighted by Crippen LogP contribution is -2.61. The fourth-order valence-corrected chi connectivity index (χ4v) is 10.8. The third-order valence-electron chi connectivity index (χ3n) is 16.5. The van der Waals surface area contributed by atoms with Crippen molar-refractivity contribution in [1.29, 1.82) is 0 Å². The van der Waals surface area contributed by atoms with Crippen LogP contribution in [0.3, 0.4) is 0 Å². The number of carbonyl (C=O) groups is 2. The van der Waals surface area contributed by atoms with Crippen molar-refractivity contribution < 1.29 is 49.3 Å². The van der Waals surface area contributed by atoms with Crippen LogP contribution in [0.25, 0.3) is 0 Å². The predicted octanol–water partition coefficient (Wildman–Crippen LogP) is 18.6. The van der Waals surface area contributed by atoms with Crippen molar-refractivity contribution in [3.8, 4) is 0 Å². The number of carbonyl (C=O) groups excluding carboxylic acids is 2. The highest BCUT2D eigenvalue weighted by molar-refractivity contribution is 5.80. The lowest BCUT2D eigenvalue weighted by molar-refractivity contribution is -0.305. The van der Waals surface area contributed by atoms with Crippen LogP contribution in [0.1, 0.15) is 310 Å². The van der Waals surface area contributed by atoms with E-state index in [1.165, 1.54) is 154 Å². The smallest absolute Gasteiger partial charge is 0.306 e. The molecule has 502 valence electrons. The van der Waals surface area contributed by atoms with Gasteiger partial charge in [-0.05, 0) is 109 Å². The number of unbranched alkanes of at least 4 members (excludes halogenated alkanes) is 33. The van der Waals surface area contributed by atoms with Crippen LogP contribution in [0.15, 0.2) is 97.2 Å². The zero-order chi connectivity index (χ0) is 63.1. The van der Waals surface area contributed by atoms with Gasteiger partial charge in [-0.15, -0.1) is 0 Å². The molecule has 6 N–H and O–H groups in total. The molecule has 1 rings (SSSR count). The Bertz CT molecular complexity index is 1790. The first-order valence-corrected chi connectivity index (χ1v) is 36.0. The molecule has 0 saturated carbocycles. The molecule has 8 atom stereocenters. The quantitative estimate of drug-likeness (QED) is 0.0195. The molecule has 0 bridgehead atoms. The van der Waals surface area contributed by atoms with Crippen molar-refractivity contribution in [3.63, 3.8) is 0 Å². The summed E-state index contributed by atoms with van der Waals surface area (Å²) in [6.45, 7) is 5.74. The van der Waals surface area contributed by atoms with Crippen molar-refractivity contribution >= 4 is 11.9 Å². The second-order valence-electron chi connectivity index (χ2n) is 24.6. The highest BCUT2D eigenvalue weighted by Crippen LogP contribution is 2.26. The van der Waals surface area contributed by atoms with Crippen LogP contribution in [0.2, 0.25) is 0 Å². The Kier molecular flexibility index (Phi) is 58.9. The van der Waals surface area contributed by atoms with Gasteiger partial charge in [0.15, 0.2) is 12.4 Å². The van der Waals surface area contributed by atoms with Crippen LogP contribution in [0, 0.1) is 0 Å². The number of hydrogen-bond acceptors (Lipinski definition) is 10. The van der Waals surface area contributed by atoms with Gasteiger partial charge < -0.3 is 45.1 Å². The Morgan fingerprint density at radius 3 is 1.21 bits per heavy atom. The minimum Gasteiger partial charge on any atom is -0.454 e. The Morgan fingerprint density at radius 1 is 0.448 bits per heavy atom. The van der Waals surface area contributed by atoms with Crippen LogP contribution in [-0.2, 0) is 23.8 Å². The molecular weight excluding hydrogens is 1090 g/mol. The SMILES string of the molecule is CCCCC/C=C\C/C=C\C/C=C\C/C=C\CCCCCCCCC(O)C(=O)NC(COC1OC(CO)C(O)C(O)C1OC(=O)CCCCCCCCCCCCCC/C=C\C/C=C\C/C=C\CCCCC)C(O)/C=C/CCCCCCCCCCC. The van der Waals surface area contributed by atoms with Gasteiger partial charge in [-0.3, -0.25) is 9.59 Å². The minimum absolute atomic E-state index is 0.116. The molecule has 0 aliphatic carbocycles. The lowest BCUT2D eigenvalue weighted by atomic mass is 9.99. The van der Waals surface area contributed by atoms with Gasteiger partial charge in [0.25, 0.3) is 0 Å². The Labute approximate surface area is 533 Å². The van der Waals surface area contributed by atoms with E-state index in [0.717, 1.165) is 109 Å². The molecule has 11 nitrogen and oxygen atoms in total. The summed E-state index contributed by atoms with van der Waals surface area (Å²) >= 11 is 0. The predicted molar refractivity (Wildman–Crippen MR) is 365 cm³/mol. The monoisotopic (exact) mass is 1220 g/mol. The summed E-state index contributed by atoms with van der Waals surface area (Å²) in [4.78, 5) is 26.7. The molecule has 1 fully saturated rings. The third-order valence-corrected chi connectivity index (χ3v) is 16.5. The topological polar surface area (TPSA) is 175 Å². The van der Waals surface area contributed by atoms with Gasteiger partial charge in [0.05, 0.1) is 25.4 Å². The average molecular weight is 1220 g/mol. The summed E-state index contributed by atoms with van der Waals surface area (Å²) in [6.07, 6.45) is 74.4. The summed E-state index contributed by atoms with van der Waals surface area (Å²) in [6, 6.07) is -1.04. The standard InChI is InChI=1S/C76H133NO10/c1-4-7-10-13-16-19-22-24-26-28-30-32-34-35-36-38-40-42-44-46-49-52-55-58-61-64-71(81)87-74-73(83)72(82)70(65-78)86-76(74)85-66-67(68(79)62-59-56-53-50-47-21-18-15-12-9-6-3)77-75(84)69(80)63-60-57-54-51-48-45-43-41-39-37-33-31-29-27-25-23-20-17-14-11-8-5-2/h16-17,19-20,24-27,30-33,39,41,59,62,67-70,72-74,76,78-80,82-83H,4-15,18,21-23,28-29,34-38,40,42-58,60-61,63-66H2,1-3H3,(H,77,84)/b19-16-,20-17-,26-24-,27-25-,32-30-,33-31-,41-39-,62-59+. The van der Waals surface area contributed by atoms with Crippen molar-refractivity contribution in [3.05, 3.63) is 97.2 Å². The second-order valence-corrected chi connectivity index (χ2v) is 24.6. The summed E-state index contributed by atoms with van der Waals surface area (Å²) in [7, 11) is 0. The Balaban J connectivity index is 2.56. The van der Waals surface area contributed by atoms with Crippen molar-refractivity contribution in [2.75, 3.05) is 13.2 Å². The van der Waals surface area contributed by atoms with Crippen molar-refractivity contribution in [1.82, 2.24) is 5.32 Å². The van der Waals surface area contributed by atoms with E-state index < -0.39 is 67.4 Å². The van der Waals surface area contributed by atoms with E-state index in [-0.39, 0.29) is 19.4 Å². The molecule has 1 amide bonds. The molecule has 1 aliphatic rings. The van der Waals surface area contributed by atoms with Gasteiger partial charge in [-0.25, -0.2) is 0 Å². The zero-order valence-corrected chi connectivity index (χ0v) is 55.9. The van der Waals surface area contributed by atoms with E-state index in [9.17, 15) is 35.1 Å². The summed E-state index contributed by atoms with van der Waals surface area (Å²) in [5.41, 5.74) is 0. The Morgan fingerprint density at radius 2 is 0.793 bits per heavy atom. The van der Waals surface area contributed by atoms with Crippen LogP contribution in [0.4, 0.5) is 0 Å². The van der Waals surface area contributed by atoms with E-state index in [2.05, 4.69) is 111 Å². The number of hydrogen-bond donors (Lipinski definition) is 6. The molecule has 87 heavy (non-hydrogen) atoms. The normalized spacial score (nSPS) is 18.8. The average Bonchev–Trinajstić information content (AvgIpc) is 1.30. The van der Waals surface area contributed by atoms with E-state index in [1.807, 2.05) is 6.08 Å². The molecule has 11 heteroatoms. The van der Waals surface area contributed by atoms with Gasteiger partial charge >= 0.3 is 5.97 Å². The molecule has 0 aromatic carbocycles. The fraction of sp³-hybridized carbons (Fsp3) is 0.763. The van der Waals surface area contributed by atoms with Crippen molar-refractivity contribution in [2.45, 2.75) is 359 Å². The van der Waals surface area contributed by atoms with Gasteiger partial charge in [-0.2, -0.15) is 0 Å². The first-order valence-electron chi connectivity index (χ1n) is 36.0. The number of ether oxygens (including phenoxy) is 3. The van der Waals surface area contributed by atoms with E-state index in [0.29, 0.717) is 12.8 Å². The van der Waals surface area contributed by atoms with E-state index in [1.54, 1.807) is 6.08 Å². The number of aliphatic hydroxyl groups excluding tert-OH is 5. The molecule has 0 aromatic heterocycles. The summed E-state index contributed by atoms with van der Waals surface area (Å²) in [5.74, 6) is -1.21. The van der Waals surface area contributed by atoms with Crippen LogP contribution < -0.4 is 5.32 Å². The maximum Gasteiger partial charge on any atom is 0.306 e. The number of esters is 1.